The molecule has 3 heteroatoms. The summed E-state index contributed by atoms with van der Waals surface area (Å²) in [5.74, 6) is 0.480. The Balaban J connectivity index is 2.86. The third-order valence-electron chi connectivity index (χ3n) is 2.24. The smallest absolute Gasteiger partial charge is 0.121 e. The first kappa shape index (κ1) is 8.97. The third kappa shape index (κ3) is 1.72. The van der Waals surface area contributed by atoms with Gasteiger partial charge in [-0.2, -0.15) is 0 Å². The Kier molecular flexibility index (Phi) is 3.02. The Hall–Kier alpha value is -1.12. The Morgan fingerprint density at radius 2 is 2.08 bits per heavy atom. The van der Waals surface area contributed by atoms with Crippen LogP contribution in [0, 0.1) is 10.8 Å². The Bertz CT molecular complexity index is 228. The lowest BCUT2D eigenvalue weighted by atomic mass is 9.91. The van der Waals surface area contributed by atoms with Crippen LogP contribution < -0.4 is 5.32 Å². The zero-order chi connectivity index (χ0) is 8.97. The summed E-state index contributed by atoms with van der Waals surface area (Å²) in [5, 5.41) is 17.6. The summed E-state index contributed by atoms with van der Waals surface area (Å²) in [6.07, 6.45) is 5.61. The minimum Gasteiger partial charge on any atom is -0.373 e. The Morgan fingerprint density at radius 1 is 1.42 bits per heavy atom. The monoisotopic (exact) mass is 165 g/mol. The van der Waals surface area contributed by atoms with Gasteiger partial charge < -0.3 is 10.7 Å². The average molecular weight is 165 g/mol. The summed E-state index contributed by atoms with van der Waals surface area (Å²) < 4.78 is 0. The molecule has 0 atom stereocenters. The van der Waals surface area contributed by atoms with E-state index in [-0.39, 0.29) is 0 Å². The SMILES string of the molecule is CNC(=N)C1=C(C=N)CCCC1. The fourth-order valence-corrected chi connectivity index (χ4v) is 1.52. The lowest BCUT2D eigenvalue weighted by Crippen LogP contribution is -2.22. The highest BCUT2D eigenvalue weighted by Gasteiger charge is 2.13. The minimum absolute atomic E-state index is 0.480. The van der Waals surface area contributed by atoms with E-state index in [4.69, 9.17) is 10.8 Å². The van der Waals surface area contributed by atoms with E-state index in [9.17, 15) is 0 Å². The first-order chi connectivity index (χ1) is 5.79. The van der Waals surface area contributed by atoms with E-state index in [0.717, 1.165) is 36.8 Å². The molecule has 1 aliphatic rings. The molecule has 0 aromatic heterocycles. The van der Waals surface area contributed by atoms with Crippen molar-refractivity contribution >= 4 is 12.1 Å². The van der Waals surface area contributed by atoms with Crippen LogP contribution in [0.1, 0.15) is 25.7 Å². The number of nitrogens with one attached hydrogen (secondary N) is 3. The van der Waals surface area contributed by atoms with Gasteiger partial charge >= 0.3 is 0 Å². The summed E-state index contributed by atoms with van der Waals surface area (Å²) in [6.45, 7) is 0. The van der Waals surface area contributed by atoms with Crippen LogP contribution >= 0.6 is 0 Å². The number of hydrogen-bond donors (Lipinski definition) is 3. The van der Waals surface area contributed by atoms with E-state index in [1.807, 2.05) is 0 Å². The molecule has 0 amide bonds. The van der Waals surface area contributed by atoms with Crippen LogP contribution in [-0.4, -0.2) is 19.1 Å². The molecule has 0 spiro atoms. The summed E-state index contributed by atoms with van der Waals surface area (Å²) in [7, 11) is 1.76. The predicted molar refractivity (Wildman–Crippen MR) is 51.1 cm³/mol. The van der Waals surface area contributed by atoms with Gasteiger partial charge in [0.1, 0.15) is 5.84 Å². The highest BCUT2D eigenvalue weighted by Crippen LogP contribution is 2.23. The first-order valence-electron chi connectivity index (χ1n) is 4.28. The maximum absolute atomic E-state index is 7.59. The van der Waals surface area contributed by atoms with Crippen molar-refractivity contribution in [1.82, 2.24) is 5.32 Å². The van der Waals surface area contributed by atoms with E-state index >= 15 is 0 Å². The molecule has 0 aromatic carbocycles. The standard InChI is InChI=1S/C9H15N3/c1-12-9(11)8-5-3-2-4-7(8)6-10/h6,10H,2-5H2,1H3,(H2,11,12). The average Bonchev–Trinajstić information content (AvgIpc) is 2.16. The van der Waals surface area contributed by atoms with Gasteiger partial charge in [-0.25, -0.2) is 0 Å². The van der Waals surface area contributed by atoms with E-state index in [1.54, 1.807) is 7.05 Å². The van der Waals surface area contributed by atoms with Gasteiger partial charge in [-0.05, 0) is 36.8 Å². The molecule has 0 heterocycles. The van der Waals surface area contributed by atoms with Crippen molar-refractivity contribution in [2.75, 3.05) is 7.05 Å². The van der Waals surface area contributed by atoms with Crippen LogP contribution in [0.15, 0.2) is 11.1 Å². The molecular weight excluding hydrogens is 150 g/mol. The Morgan fingerprint density at radius 3 is 2.67 bits per heavy atom. The number of allylic oxidation sites excluding steroid dienone is 1. The normalized spacial score (nSPS) is 17.4. The molecule has 3 nitrogen and oxygen atoms in total. The van der Waals surface area contributed by atoms with E-state index in [0.29, 0.717) is 5.84 Å². The van der Waals surface area contributed by atoms with Crippen molar-refractivity contribution in [3.63, 3.8) is 0 Å². The zero-order valence-corrected chi connectivity index (χ0v) is 7.41. The van der Waals surface area contributed by atoms with Crippen molar-refractivity contribution in [3.8, 4) is 0 Å². The van der Waals surface area contributed by atoms with Gasteiger partial charge in [0, 0.05) is 13.3 Å². The van der Waals surface area contributed by atoms with Crippen molar-refractivity contribution in [1.29, 1.82) is 10.8 Å². The molecule has 0 aliphatic heterocycles. The number of rotatable bonds is 2. The highest BCUT2D eigenvalue weighted by molar-refractivity contribution is 6.01. The van der Waals surface area contributed by atoms with Gasteiger partial charge in [-0.3, -0.25) is 5.41 Å². The zero-order valence-electron chi connectivity index (χ0n) is 7.41. The van der Waals surface area contributed by atoms with E-state index < -0.39 is 0 Å². The van der Waals surface area contributed by atoms with Crippen LogP contribution in [0.3, 0.4) is 0 Å². The Labute approximate surface area is 72.9 Å². The fourth-order valence-electron chi connectivity index (χ4n) is 1.52. The molecule has 0 fully saturated rings. The lowest BCUT2D eigenvalue weighted by molar-refractivity contribution is 0.701. The maximum atomic E-state index is 7.59. The van der Waals surface area contributed by atoms with Crippen molar-refractivity contribution in [2.45, 2.75) is 25.7 Å². The van der Waals surface area contributed by atoms with Crippen LogP contribution in [0.4, 0.5) is 0 Å². The molecule has 0 saturated carbocycles. The fraction of sp³-hybridized carbons (Fsp3) is 0.556. The van der Waals surface area contributed by atoms with Gasteiger partial charge in [-0.15, -0.1) is 0 Å². The molecule has 0 aromatic rings. The minimum atomic E-state index is 0.480. The molecule has 1 aliphatic carbocycles. The molecule has 0 bridgehead atoms. The van der Waals surface area contributed by atoms with Gasteiger partial charge in [-0.1, -0.05) is 0 Å². The summed E-state index contributed by atoms with van der Waals surface area (Å²) in [5.41, 5.74) is 2.05. The predicted octanol–water partition coefficient (Wildman–Crippen LogP) is 1.70. The molecule has 0 unspecified atom stereocenters. The largest absolute Gasteiger partial charge is 0.373 e. The maximum Gasteiger partial charge on any atom is 0.121 e. The topological polar surface area (TPSA) is 59.7 Å². The second-order valence-electron chi connectivity index (χ2n) is 2.98. The summed E-state index contributed by atoms with van der Waals surface area (Å²) in [4.78, 5) is 0. The van der Waals surface area contributed by atoms with Crippen molar-refractivity contribution in [3.05, 3.63) is 11.1 Å². The lowest BCUT2D eigenvalue weighted by Gasteiger charge is -2.17. The van der Waals surface area contributed by atoms with Crippen LogP contribution in [0.5, 0.6) is 0 Å². The molecule has 3 N–H and O–H groups in total. The third-order valence-corrected chi connectivity index (χ3v) is 2.24. The summed E-state index contributed by atoms with van der Waals surface area (Å²) >= 11 is 0. The molecule has 0 radical (unpaired) electrons. The van der Waals surface area contributed by atoms with E-state index in [1.165, 1.54) is 6.21 Å². The quantitative estimate of drug-likeness (QED) is 0.423. The molecule has 1 rings (SSSR count). The molecular formula is C9H15N3. The molecule has 12 heavy (non-hydrogen) atoms. The number of likely N-dealkylation sites (N-methyl/N-ethyl adjacent to an activating group) is 1. The van der Waals surface area contributed by atoms with Crippen LogP contribution in [-0.2, 0) is 0 Å². The van der Waals surface area contributed by atoms with Crippen molar-refractivity contribution in [2.24, 2.45) is 0 Å². The van der Waals surface area contributed by atoms with E-state index in [2.05, 4.69) is 5.32 Å². The second kappa shape index (κ2) is 4.04. The van der Waals surface area contributed by atoms with Gasteiger partial charge in [0.2, 0.25) is 0 Å². The van der Waals surface area contributed by atoms with Gasteiger partial charge in [0.25, 0.3) is 0 Å². The first-order valence-corrected chi connectivity index (χ1v) is 4.28. The number of amidine groups is 1. The van der Waals surface area contributed by atoms with Gasteiger partial charge in [0.05, 0.1) is 0 Å². The second-order valence-corrected chi connectivity index (χ2v) is 2.98. The molecule has 66 valence electrons. The van der Waals surface area contributed by atoms with Crippen molar-refractivity contribution < 1.29 is 0 Å². The van der Waals surface area contributed by atoms with Gasteiger partial charge in [0.15, 0.2) is 0 Å². The summed E-state index contributed by atoms with van der Waals surface area (Å²) in [6, 6.07) is 0. The molecule has 0 saturated heterocycles. The highest BCUT2D eigenvalue weighted by atomic mass is 14.9. The van der Waals surface area contributed by atoms with Crippen LogP contribution in [0.25, 0.3) is 0 Å². The number of hydrogen-bond acceptors (Lipinski definition) is 2. The van der Waals surface area contributed by atoms with Crippen LogP contribution in [0.2, 0.25) is 0 Å².